The lowest BCUT2D eigenvalue weighted by molar-refractivity contribution is -0.0580. The van der Waals surface area contributed by atoms with Gasteiger partial charge in [0.1, 0.15) is 15.7 Å². The molecule has 0 heterocycles. The van der Waals surface area contributed by atoms with Crippen molar-refractivity contribution in [3.63, 3.8) is 0 Å². The van der Waals surface area contributed by atoms with Gasteiger partial charge in [-0.15, -0.1) is 0 Å². The van der Waals surface area contributed by atoms with Gasteiger partial charge in [-0.2, -0.15) is 0 Å². The van der Waals surface area contributed by atoms with E-state index in [0.29, 0.717) is 21.5 Å². The second-order valence-corrected chi connectivity index (χ2v) is 9.74. The number of hydrogen-bond donors (Lipinski definition) is 0. The minimum absolute atomic E-state index is 0.413. The van der Waals surface area contributed by atoms with Gasteiger partial charge in [0.25, 0.3) is 0 Å². The predicted octanol–water partition coefficient (Wildman–Crippen LogP) is 3.80. The summed E-state index contributed by atoms with van der Waals surface area (Å²) in [5.74, 6) is 0.906. The van der Waals surface area contributed by atoms with Crippen LogP contribution in [0.15, 0.2) is 0 Å². The third-order valence-electron chi connectivity index (χ3n) is 7.86. The maximum Gasteiger partial charge on any atom is 0.100 e. The molecule has 2 aliphatic carbocycles. The van der Waals surface area contributed by atoms with Crippen molar-refractivity contribution >= 4 is 15.7 Å². The van der Waals surface area contributed by atoms with Crippen LogP contribution in [0.3, 0.4) is 0 Å². The van der Waals surface area contributed by atoms with Gasteiger partial charge in [0.05, 0.1) is 0 Å². The standard InChI is InChI=1S/C17H34B2/c1-14(2,3)17(18,19)13-8-11-15(4)9-6-7-10-16(15,5)12-13/h13H,6-12,18-19H2,1-5H3. The smallest absolute Gasteiger partial charge is 0.0771 e. The molecule has 0 aromatic rings. The molecule has 2 rings (SSSR count). The fraction of sp³-hybridized carbons (Fsp3) is 1.00. The van der Waals surface area contributed by atoms with Crippen molar-refractivity contribution in [2.24, 2.45) is 22.2 Å². The van der Waals surface area contributed by atoms with E-state index >= 15 is 0 Å². The van der Waals surface area contributed by atoms with Crippen LogP contribution < -0.4 is 0 Å². The Morgan fingerprint density at radius 3 is 1.95 bits per heavy atom. The Morgan fingerprint density at radius 2 is 1.42 bits per heavy atom. The lowest BCUT2D eigenvalue weighted by Gasteiger charge is -2.60. The molecule has 2 fully saturated rings. The van der Waals surface area contributed by atoms with Crippen molar-refractivity contribution in [1.29, 1.82) is 0 Å². The maximum absolute atomic E-state index is 2.61. The van der Waals surface area contributed by atoms with Crippen molar-refractivity contribution in [2.45, 2.75) is 84.8 Å². The second-order valence-electron chi connectivity index (χ2n) is 9.74. The molecule has 0 radical (unpaired) electrons. The van der Waals surface area contributed by atoms with Gasteiger partial charge >= 0.3 is 0 Å². The summed E-state index contributed by atoms with van der Waals surface area (Å²) in [6.07, 6.45) is 10.3. The molecule has 3 atom stereocenters. The summed E-state index contributed by atoms with van der Waals surface area (Å²) in [5, 5.41) is 0.453. The van der Waals surface area contributed by atoms with E-state index in [0.717, 1.165) is 5.92 Å². The zero-order chi connectivity index (χ0) is 14.5. The SMILES string of the molecule is BC(B)(C1CCC2(C)CCCCC2(C)C1)C(C)(C)C. The Bertz CT molecular complexity index is 342. The Hall–Kier alpha value is 0.130. The highest BCUT2D eigenvalue weighted by molar-refractivity contribution is 6.40. The molecule has 0 aromatic heterocycles. The van der Waals surface area contributed by atoms with E-state index in [1.807, 2.05) is 0 Å². The van der Waals surface area contributed by atoms with Crippen molar-refractivity contribution in [1.82, 2.24) is 0 Å². The molecule has 2 heteroatoms. The van der Waals surface area contributed by atoms with Gasteiger partial charge < -0.3 is 0 Å². The van der Waals surface area contributed by atoms with Crippen LogP contribution in [0, 0.1) is 22.2 Å². The highest BCUT2D eigenvalue weighted by Crippen LogP contribution is 2.64. The van der Waals surface area contributed by atoms with E-state index in [1.54, 1.807) is 0 Å². The van der Waals surface area contributed by atoms with Crippen LogP contribution in [0.5, 0.6) is 0 Å². The minimum atomic E-state index is 0.413. The van der Waals surface area contributed by atoms with Gasteiger partial charge in [-0.25, -0.2) is 0 Å². The summed E-state index contributed by atoms with van der Waals surface area (Å²) < 4.78 is 0. The van der Waals surface area contributed by atoms with Crippen LogP contribution in [-0.2, 0) is 0 Å². The van der Waals surface area contributed by atoms with E-state index in [9.17, 15) is 0 Å². The molecule has 19 heavy (non-hydrogen) atoms. The van der Waals surface area contributed by atoms with Crippen LogP contribution >= 0.6 is 0 Å². The highest BCUT2D eigenvalue weighted by atomic mass is 14.6. The lowest BCUT2D eigenvalue weighted by atomic mass is 9.34. The first-order valence-corrected chi connectivity index (χ1v) is 8.52. The average molecular weight is 260 g/mol. The van der Waals surface area contributed by atoms with Crippen LogP contribution in [0.2, 0.25) is 5.21 Å². The summed E-state index contributed by atoms with van der Waals surface area (Å²) in [4.78, 5) is 0. The largest absolute Gasteiger partial charge is 0.100 e. The zero-order valence-electron chi connectivity index (χ0n) is 14.5. The van der Waals surface area contributed by atoms with Gasteiger partial charge in [-0.1, -0.05) is 59.1 Å². The Balaban J connectivity index is 2.22. The molecule has 0 aromatic carbocycles. The topological polar surface area (TPSA) is 0 Å². The Labute approximate surface area is 123 Å². The van der Waals surface area contributed by atoms with Crippen molar-refractivity contribution < 1.29 is 0 Å². The minimum Gasteiger partial charge on any atom is -0.0771 e. The van der Waals surface area contributed by atoms with Gasteiger partial charge in [0.2, 0.25) is 0 Å². The first kappa shape index (κ1) is 15.5. The lowest BCUT2D eigenvalue weighted by Crippen LogP contribution is -2.49. The van der Waals surface area contributed by atoms with E-state index < -0.39 is 0 Å². The molecule has 0 spiro atoms. The van der Waals surface area contributed by atoms with Crippen LogP contribution in [-0.4, -0.2) is 15.7 Å². The molecular weight excluding hydrogens is 226 g/mol. The van der Waals surface area contributed by atoms with E-state index in [-0.39, 0.29) is 0 Å². The molecule has 0 amide bonds. The molecule has 2 aliphatic rings. The molecular formula is C17H34B2. The van der Waals surface area contributed by atoms with Gasteiger partial charge in [0, 0.05) is 0 Å². The number of rotatable bonds is 1. The fourth-order valence-corrected chi connectivity index (χ4v) is 4.78. The quantitative estimate of drug-likeness (QED) is 0.629. The van der Waals surface area contributed by atoms with Crippen molar-refractivity contribution in [3.05, 3.63) is 0 Å². The van der Waals surface area contributed by atoms with E-state index in [4.69, 9.17) is 0 Å². The van der Waals surface area contributed by atoms with Crippen LogP contribution in [0.1, 0.15) is 79.6 Å². The number of fused-ring (bicyclic) bond motifs is 1. The molecule has 108 valence electrons. The summed E-state index contributed by atoms with van der Waals surface area (Å²) in [5.41, 5.74) is 1.66. The molecule has 2 saturated carbocycles. The predicted molar refractivity (Wildman–Crippen MR) is 91.3 cm³/mol. The van der Waals surface area contributed by atoms with Crippen LogP contribution in [0.4, 0.5) is 0 Å². The summed E-state index contributed by atoms with van der Waals surface area (Å²) >= 11 is 0. The molecule has 0 saturated heterocycles. The summed E-state index contributed by atoms with van der Waals surface area (Å²) in [7, 11) is 5.04. The van der Waals surface area contributed by atoms with Crippen molar-refractivity contribution in [3.8, 4) is 0 Å². The molecule has 0 nitrogen and oxygen atoms in total. The maximum atomic E-state index is 2.61. The first-order valence-electron chi connectivity index (χ1n) is 8.52. The molecule has 0 aliphatic heterocycles. The Morgan fingerprint density at radius 1 is 0.895 bits per heavy atom. The highest BCUT2D eigenvalue weighted by Gasteiger charge is 2.53. The van der Waals surface area contributed by atoms with E-state index in [2.05, 4.69) is 50.3 Å². The number of hydrogen-bond acceptors (Lipinski definition) is 0. The summed E-state index contributed by atoms with van der Waals surface area (Å²) in [6, 6.07) is 0. The first-order chi connectivity index (χ1) is 8.52. The zero-order valence-corrected chi connectivity index (χ0v) is 14.5. The third kappa shape index (κ3) is 2.42. The molecule has 0 N–H and O–H groups in total. The van der Waals surface area contributed by atoms with Crippen LogP contribution in [0.25, 0.3) is 0 Å². The summed E-state index contributed by atoms with van der Waals surface area (Å²) in [6.45, 7) is 12.5. The van der Waals surface area contributed by atoms with Gasteiger partial charge in [-0.05, 0) is 47.8 Å². The molecule has 0 bridgehead atoms. The van der Waals surface area contributed by atoms with Gasteiger partial charge in [-0.3, -0.25) is 0 Å². The monoisotopic (exact) mass is 260 g/mol. The average Bonchev–Trinajstić information content (AvgIpc) is 2.27. The van der Waals surface area contributed by atoms with Gasteiger partial charge in [0.15, 0.2) is 0 Å². The second kappa shape index (κ2) is 4.57. The Kier molecular flexibility index (Phi) is 3.73. The third-order valence-corrected chi connectivity index (χ3v) is 7.86. The van der Waals surface area contributed by atoms with Crippen molar-refractivity contribution in [2.75, 3.05) is 0 Å². The van der Waals surface area contributed by atoms with E-state index in [1.165, 1.54) is 44.9 Å². The molecule has 3 unspecified atom stereocenters. The fourth-order valence-electron chi connectivity index (χ4n) is 4.78. The normalized spacial score (nSPS) is 40.8.